The minimum absolute atomic E-state index is 0.0242. The Morgan fingerprint density at radius 3 is 2.86 bits per heavy atom. The highest BCUT2D eigenvalue weighted by Crippen LogP contribution is 2.24. The number of ether oxygens (including phenoxy) is 1. The van der Waals surface area contributed by atoms with Crippen molar-refractivity contribution in [1.29, 1.82) is 0 Å². The lowest BCUT2D eigenvalue weighted by Crippen LogP contribution is -2.38. The number of pyridine rings is 1. The fourth-order valence-electron chi connectivity index (χ4n) is 2.51. The molecule has 0 radical (unpaired) electrons. The van der Waals surface area contributed by atoms with E-state index in [9.17, 15) is 9.59 Å². The molecule has 2 amide bonds. The molecule has 0 bridgehead atoms. The van der Waals surface area contributed by atoms with Crippen molar-refractivity contribution in [3.63, 3.8) is 0 Å². The molecule has 1 aliphatic heterocycles. The molecule has 0 aliphatic carbocycles. The summed E-state index contributed by atoms with van der Waals surface area (Å²) in [6.07, 6.45) is 3.98. The Balaban J connectivity index is 2.00. The maximum atomic E-state index is 12.3. The van der Waals surface area contributed by atoms with Crippen LogP contribution in [-0.4, -0.2) is 36.6 Å². The van der Waals surface area contributed by atoms with E-state index in [2.05, 4.69) is 15.6 Å². The Kier molecular flexibility index (Phi) is 5.27. The van der Waals surface area contributed by atoms with Crippen LogP contribution >= 0.6 is 0 Å². The minimum atomic E-state index is -0.202. The predicted molar refractivity (Wildman–Crippen MR) is 79.0 cm³/mol. The van der Waals surface area contributed by atoms with Gasteiger partial charge in [-0.1, -0.05) is 6.92 Å². The Morgan fingerprint density at radius 1 is 1.43 bits per heavy atom. The van der Waals surface area contributed by atoms with Gasteiger partial charge in [-0.05, 0) is 31.4 Å². The van der Waals surface area contributed by atoms with E-state index in [0.717, 1.165) is 25.9 Å². The summed E-state index contributed by atoms with van der Waals surface area (Å²) >= 11 is 0. The molecule has 1 aromatic heterocycles. The van der Waals surface area contributed by atoms with Crippen molar-refractivity contribution in [2.45, 2.75) is 32.3 Å². The van der Waals surface area contributed by atoms with Crippen molar-refractivity contribution < 1.29 is 14.3 Å². The zero-order chi connectivity index (χ0) is 15.2. The maximum absolute atomic E-state index is 12.3. The highest BCUT2D eigenvalue weighted by molar-refractivity contribution is 5.95. The number of carbonyl (C=O) groups excluding carboxylic acids is 2. The van der Waals surface area contributed by atoms with Gasteiger partial charge in [-0.15, -0.1) is 0 Å². The second-order valence-electron chi connectivity index (χ2n) is 5.07. The van der Waals surface area contributed by atoms with E-state index in [1.165, 1.54) is 6.20 Å². The quantitative estimate of drug-likeness (QED) is 0.882. The van der Waals surface area contributed by atoms with Crippen LogP contribution in [0.2, 0.25) is 0 Å². The molecule has 2 heterocycles. The van der Waals surface area contributed by atoms with Gasteiger partial charge < -0.3 is 15.4 Å². The second-order valence-corrected chi connectivity index (χ2v) is 5.07. The summed E-state index contributed by atoms with van der Waals surface area (Å²) in [6, 6.07) is 3.27. The van der Waals surface area contributed by atoms with E-state index in [-0.39, 0.29) is 23.8 Å². The zero-order valence-corrected chi connectivity index (χ0v) is 12.4. The van der Waals surface area contributed by atoms with Gasteiger partial charge in [0.25, 0.3) is 5.91 Å². The summed E-state index contributed by atoms with van der Waals surface area (Å²) in [5.74, 6) is 0.0473. The summed E-state index contributed by atoms with van der Waals surface area (Å²) in [6.45, 7) is 2.74. The molecule has 0 spiro atoms. The van der Waals surface area contributed by atoms with Gasteiger partial charge in [0.15, 0.2) is 0 Å². The lowest BCUT2D eigenvalue weighted by atomic mass is 9.92. The van der Waals surface area contributed by atoms with Crippen LogP contribution in [-0.2, 0) is 9.53 Å². The average molecular weight is 291 g/mol. The first kappa shape index (κ1) is 15.4. The van der Waals surface area contributed by atoms with Gasteiger partial charge in [-0.3, -0.25) is 9.59 Å². The van der Waals surface area contributed by atoms with Crippen LogP contribution in [0.25, 0.3) is 0 Å². The molecule has 1 saturated heterocycles. The van der Waals surface area contributed by atoms with Crippen molar-refractivity contribution in [3.05, 3.63) is 23.9 Å². The number of hydrogen-bond donors (Lipinski definition) is 2. The standard InChI is InChI=1S/C15H21N3O3/c1-3-12-11(5-4-8-21-12)15(20)18-13-7-6-10(9-17-13)14(19)16-2/h6-7,9,11-12H,3-5,8H2,1-2H3,(H,16,19)(H,17,18,20). The Bertz CT molecular complexity index is 501. The number of amides is 2. The number of hydrogen-bond acceptors (Lipinski definition) is 4. The van der Waals surface area contributed by atoms with E-state index in [0.29, 0.717) is 11.4 Å². The van der Waals surface area contributed by atoms with Gasteiger partial charge in [0.05, 0.1) is 17.6 Å². The third-order valence-corrected chi connectivity index (χ3v) is 3.68. The monoisotopic (exact) mass is 291 g/mol. The molecule has 2 rings (SSSR count). The molecule has 1 aromatic rings. The minimum Gasteiger partial charge on any atom is -0.377 e. The number of carbonyl (C=O) groups is 2. The van der Waals surface area contributed by atoms with Gasteiger partial charge in [0.2, 0.25) is 5.91 Å². The lowest BCUT2D eigenvalue weighted by Gasteiger charge is -2.29. The molecule has 0 saturated carbocycles. The van der Waals surface area contributed by atoms with Crippen LogP contribution < -0.4 is 10.6 Å². The van der Waals surface area contributed by atoms with Gasteiger partial charge in [-0.25, -0.2) is 4.98 Å². The van der Waals surface area contributed by atoms with Crippen LogP contribution in [0, 0.1) is 5.92 Å². The number of aromatic nitrogens is 1. The van der Waals surface area contributed by atoms with Crippen LogP contribution in [0.4, 0.5) is 5.82 Å². The second kappa shape index (κ2) is 7.17. The average Bonchev–Trinajstić information content (AvgIpc) is 2.54. The molecule has 2 atom stereocenters. The molecule has 0 aromatic carbocycles. The Hall–Kier alpha value is -1.95. The van der Waals surface area contributed by atoms with Crippen LogP contribution in [0.5, 0.6) is 0 Å². The summed E-state index contributed by atoms with van der Waals surface area (Å²) < 4.78 is 5.63. The molecule has 1 aliphatic rings. The molecular formula is C15H21N3O3. The van der Waals surface area contributed by atoms with E-state index >= 15 is 0 Å². The summed E-state index contributed by atoms with van der Waals surface area (Å²) in [4.78, 5) is 27.8. The predicted octanol–water partition coefficient (Wildman–Crippen LogP) is 1.58. The van der Waals surface area contributed by atoms with Gasteiger partial charge in [-0.2, -0.15) is 0 Å². The molecule has 6 nitrogen and oxygen atoms in total. The molecule has 114 valence electrons. The van der Waals surface area contributed by atoms with E-state index < -0.39 is 0 Å². The molecule has 6 heteroatoms. The first-order valence-corrected chi connectivity index (χ1v) is 7.26. The van der Waals surface area contributed by atoms with Gasteiger partial charge >= 0.3 is 0 Å². The number of rotatable bonds is 4. The van der Waals surface area contributed by atoms with Crippen molar-refractivity contribution in [2.24, 2.45) is 5.92 Å². The fraction of sp³-hybridized carbons (Fsp3) is 0.533. The Labute approximate surface area is 124 Å². The number of nitrogens with one attached hydrogen (secondary N) is 2. The van der Waals surface area contributed by atoms with E-state index in [1.54, 1.807) is 19.2 Å². The third kappa shape index (κ3) is 3.78. The summed E-state index contributed by atoms with van der Waals surface area (Å²) in [7, 11) is 1.56. The van der Waals surface area contributed by atoms with Gasteiger partial charge in [0, 0.05) is 19.9 Å². The van der Waals surface area contributed by atoms with Crippen LogP contribution in [0.15, 0.2) is 18.3 Å². The molecule has 1 fully saturated rings. The van der Waals surface area contributed by atoms with Crippen molar-refractivity contribution in [1.82, 2.24) is 10.3 Å². The maximum Gasteiger partial charge on any atom is 0.252 e. The fourth-order valence-corrected chi connectivity index (χ4v) is 2.51. The van der Waals surface area contributed by atoms with E-state index in [1.807, 2.05) is 6.92 Å². The normalized spacial score (nSPS) is 21.6. The van der Waals surface area contributed by atoms with Crippen LogP contribution in [0.3, 0.4) is 0 Å². The summed E-state index contributed by atoms with van der Waals surface area (Å²) in [5, 5.41) is 5.32. The highest BCUT2D eigenvalue weighted by Gasteiger charge is 2.30. The topological polar surface area (TPSA) is 80.3 Å². The highest BCUT2D eigenvalue weighted by atomic mass is 16.5. The molecular weight excluding hydrogens is 270 g/mol. The van der Waals surface area contributed by atoms with Crippen molar-refractivity contribution in [3.8, 4) is 0 Å². The summed E-state index contributed by atoms with van der Waals surface area (Å²) in [5.41, 5.74) is 0.461. The van der Waals surface area contributed by atoms with E-state index in [4.69, 9.17) is 4.74 Å². The zero-order valence-electron chi connectivity index (χ0n) is 12.4. The Morgan fingerprint density at radius 2 is 2.24 bits per heavy atom. The van der Waals surface area contributed by atoms with Crippen molar-refractivity contribution >= 4 is 17.6 Å². The lowest BCUT2D eigenvalue weighted by molar-refractivity contribution is -0.129. The molecule has 21 heavy (non-hydrogen) atoms. The molecule has 2 unspecified atom stereocenters. The third-order valence-electron chi connectivity index (χ3n) is 3.68. The number of nitrogens with zero attached hydrogens (tertiary/aromatic N) is 1. The molecule has 2 N–H and O–H groups in total. The van der Waals surface area contributed by atoms with Crippen LogP contribution in [0.1, 0.15) is 36.5 Å². The largest absolute Gasteiger partial charge is 0.377 e. The SMILES string of the molecule is CCC1OCCCC1C(=O)Nc1ccc(C(=O)NC)cn1. The first-order chi connectivity index (χ1) is 10.2. The van der Waals surface area contributed by atoms with Gasteiger partial charge in [0.1, 0.15) is 5.82 Å². The number of anilines is 1. The van der Waals surface area contributed by atoms with Crippen molar-refractivity contribution in [2.75, 3.05) is 19.0 Å². The first-order valence-electron chi connectivity index (χ1n) is 7.26. The smallest absolute Gasteiger partial charge is 0.252 e.